The highest BCUT2D eigenvalue weighted by atomic mass is 16.5. The van der Waals surface area contributed by atoms with Crippen LogP contribution in [0.25, 0.3) is 0 Å². The van der Waals surface area contributed by atoms with Crippen molar-refractivity contribution >= 4 is 5.91 Å². The Bertz CT molecular complexity index is 614. The lowest BCUT2D eigenvalue weighted by Crippen LogP contribution is -2.29. The highest BCUT2D eigenvalue weighted by molar-refractivity contribution is 5.96. The quantitative estimate of drug-likeness (QED) is 0.891. The summed E-state index contributed by atoms with van der Waals surface area (Å²) in [6, 6.07) is 10.7. The molecule has 1 atom stereocenters. The van der Waals surface area contributed by atoms with Crippen LogP contribution in [0.3, 0.4) is 0 Å². The molecule has 0 aliphatic carbocycles. The number of rotatable bonds is 6. The number of carbonyl (C=O) groups is 1. The number of carbonyl (C=O) groups excluding carboxylic acids is 1. The van der Waals surface area contributed by atoms with Gasteiger partial charge in [0.2, 0.25) is 0 Å². The van der Waals surface area contributed by atoms with Gasteiger partial charge in [0.15, 0.2) is 0 Å². The summed E-state index contributed by atoms with van der Waals surface area (Å²) in [6.07, 6.45) is 3.36. The Labute approximate surface area is 130 Å². The molecule has 0 saturated carbocycles. The van der Waals surface area contributed by atoms with Gasteiger partial charge in [-0.2, -0.15) is 0 Å². The number of ether oxygens (including phenoxy) is 1. The van der Waals surface area contributed by atoms with Gasteiger partial charge in [-0.05, 0) is 37.6 Å². The van der Waals surface area contributed by atoms with Gasteiger partial charge in [-0.3, -0.25) is 9.78 Å². The predicted octanol–water partition coefficient (Wildman–Crippen LogP) is 2.72. The van der Waals surface area contributed by atoms with Crippen molar-refractivity contribution in [2.75, 3.05) is 13.6 Å². The van der Waals surface area contributed by atoms with Crippen molar-refractivity contribution in [2.45, 2.75) is 19.4 Å². The summed E-state index contributed by atoms with van der Waals surface area (Å²) < 4.78 is 5.75. The molecule has 0 fully saturated rings. The number of aromatic nitrogens is 1. The minimum absolute atomic E-state index is 0.139. The molecule has 0 spiro atoms. The molecule has 1 N–H and O–H groups in total. The second kappa shape index (κ2) is 7.56. The van der Waals surface area contributed by atoms with E-state index in [-0.39, 0.29) is 5.91 Å². The number of aliphatic hydroxyl groups excluding tert-OH is 1. The molecule has 5 nitrogen and oxygen atoms in total. The fourth-order valence-electron chi connectivity index (χ4n) is 1.95. The van der Waals surface area contributed by atoms with E-state index in [1.165, 1.54) is 0 Å². The average Bonchev–Trinajstić information content (AvgIpc) is 2.53. The number of hydrogen-bond donors (Lipinski definition) is 1. The number of aliphatic hydroxyl groups is 1. The Morgan fingerprint density at radius 3 is 2.77 bits per heavy atom. The molecule has 0 radical (unpaired) electrons. The van der Waals surface area contributed by atoms with Crippen molar-refractivity contribution in [1.82, 2.24) is 9.88 Å². The average molecular weight is 300 g/mol. The van der Waals surface area contributed by atoms with Crippen LogP contribution < -0.4 is 4.74 Å². The molecule has 116 valence electrons. The van der Waals surface area contributed by atoms with E-state index in [1.807, 2.05) is 6.07 Å². The number of amides is 1. The monoisotopic (exact) mass is 300 g/mol. The normalized spacial score (nSPS) is 11.8. The largest absolute Gasteiger partial charge is 0.455 e. The van der Waals surface area contributed by atoms with Crippen molar-refractivity contribution in [1.29, 1.82) is 0 Å². The molecule has 5 heteroatoms. The van der Waals surface area contributed by atoms with Crippen LogP contribution in [0.5, 0.6) is 11.5 Å². The van der Waals surface area contributed by atoms with Gasteiger partial charge in [0.05, 0.1) is 17.9 Å². The van der Waals surface area contributed by atoms with E-state index in [9.17, 15) is 9.90 Å². The Morgan fingerprint density at radius 1 is 1.32 bits per heavy atom. The number of benzene rings is 1. The van der Waals surface area contributed by atoms with Crippen LogP contribution in [0.15, 0.2) is 48.8 Å². The van der Waals surface area contributed by atoms with Crippen molar-refractivity contribution < 1.29 is 14.6 Å². The summed E-state index contributed by atoms with van der Waals surface area (Å²) in [5.74, 6) is 0.930. The second-order valence-electron chi connectivity index (χ2n) is 5.15. The Kier molecular flexibility index (Phi) is 5.49. The maximum absolute atomic E-state index is 12.5. The molecule has 2 aromatic rings. The van der Waals surface area contributed by atoms with Gasteiger partial charge in [-0.15, -0.1) is 0 Å². The van der Waals surface area contributed by atoms with Crippen molar-refractivity contribution in [3.63, 3.8) is 0 Å². The van der Waals surface area contributed by atoms with Gasteiger partial charge in [-0.25, -0.2) is 0 Å². The standard InChI is InChI=1S/C17H20N2O3/c1-13(20)9-11-19(2)17(21)15-7-3-4-8-16(15)22-14-6-5-10-18-12-14/h3-8,10,12-13,20H,9,11H2,1-2H3. The lowest BCUT2D eigenvalue weighted by atomic mass is 10.1. The smallest absolute Gasteiger partial charge is 0.257 e. The maximum atomic E-state index is 12.5. The van der Waals surface area contributed by atoms with Crippen molar-refractivity contribution in [2.24, 2.45) is 0 Å². The van der Waals surface area contributed by atoms with E-state index in [2.05, 4.69) is 4.98 Å². The van der Waals surface area contributed by atoms with Crippen LogP contribution in [0.1, 0.15) is 23.7 Å². The molecule has 1 aromatic heterocycles. The Morgan fingerprint density at radius 2 is 2.09 bits per heavy atom. The summed E-state index contributed by atoms with van der Waals surface area (Å²) in [7, 11) is 1.71. The summed E-state index contributed by atoms with van der Waals surface area (Å²) in [5, 5.41) is 9.33. The van der Waals surface area contributed by atoms with Gasteiger partial charge < -0.3 is 14.7 Å². The van der Waals surface area contributed by atoms with Crippen LogP contribution in [0.4, 0.5) is 0 Å². The first-order valence-corrected chi connectivity index (χ1v) is 7.18. The summed E-state index contributed by atoms with van der Waals surface area (Å²) in [4.78, 5) is 18.1. The Balaban J connectivity index is 2.15. The molecule has 1 amide bonds. The van der Waals surface area contributed by atoms with Gasteiger partial charge in [0, 0.05) is 19.8 Å². The molecule has 2 rings (SSSR count). The molecular weight excluding hydrogens is 280 g/mol. The zero-order chi connectivity index (χ0) is 15.9. The van der Waals surface area contributed by atoms with Crippen LogP contribution in [-0.2, 0) is 0 Å². The third-order valence-electron chi connectivity index (χ3n) is 3.21. The first kappa shape index (κ1) is 16.0. The molecule has 0 bridgehead atoms. The van der Waals surface area contributed by atoms with Crippen molar-refractivity contribution in [3.05, 3.63) is 54.4 Å². The summed E-state index contributed by atoms with van der Waals surface area (Å²) in [6.45, 7) is 2.19. The van der Waals surface area contributed by atoms with Gasteiger partial charge >= 0.3 is 0 Å². The molecule has 0 saturated heterocycles. The fraction of sp³-hybridized carbons (Fsp3) is 0.294. The first-order chi connectivity index (χ1) is 10.6. The molecular formula is C17H20N2O3. The van der Waals surface area contributed by atoms with Crippen LogP contribution in [-0.4, -0.2) is 40.6 Å². The Hall–Kier alpha value is -2.40. The van der Waals surface area contributed by atoms with Crippen molar-refractivity contribution in [3.8, 4) is 11.5 Å². The molecule has 0 aliphatic heterocycles. The SMILES string of the molecule is CC(O)CCN(C)C(=O)c1ccccc1Oc1cccnc1. The zero-order valence-electron chi connectivity index (χ0n) is 12.8. The fourth-order valence-corrected chi connectivity index (χ4v) is 1.95. The topological polar surface area (TPSA) is 62.7 Å². The van der Waals surface area contributed by atoms with Gasteiger partial charge in [0.25, 0.3) is 5.91 Å². The van der Waals surface area contributed by atoms with E-state index < -0.39 is 6.10 Å². The van der Waals surface area contributed by atoms with E-state index in [0.29, 0.717) is 30.0 Å². The second-order valence-corrected chi connectivity index (χ2v) is 5.15. The highest BCUT2D eigenvalue weighted by Crippen LogP contribution is 2.25. The molecule has 1 unspecified atom stereocenters. The van der Waals surface area contributed by atoms with Crippen LogP contribution in [0, 0.1) is 0 Å². The summed E-state index contributed by atoms with van der Waals surface area (Å²) >= 11 is 0. The zero-order valence-corrected chi connectivity index (χ0v) is 12.8. The first-order valence-electron chi connectivity index (χ1n) is 7.18. The van der Waals surface area contributed by atoms with Gasteiger partial charge in [-0.1, -0.05) is 12.1 Å². The molecule has 1 aromatic carbocycles. The van der Waals surface area contributed by atoms with E-state index in [1.54, 1.807) is 61.6 Å². The number of pyridine rings is 1. The van der Waals surface area contributed by atoms with Crippen LogP contribution in [0.2, 0.25) is 0 Å². The molecule has 1 heterocycles. The third kappa shape index (κ3) is 4.30. The lowest BCUT2D eigenvalue weighted by Gasteiger charge is -2.19. The molecule has 0 aliphatic rings. The minimum atomic E-state index is -0.433. The number of hydrogen-bond acceptors (Lipinski definition) is 4. The third-order valence-corrected chi connectivity index (χ3v) is 3.21. The van der Waals surface area contributed by atoms with Crippen LogP contribution >= 0.6 is 0 Å². The lowest BCUT2D eigenvalue weighted by molar-refractivity contribution is 0.0766. The summed E-state index contributed by atoms with van der Waals surface area (Å²) in [5.41, 5.74) is 0.486. The van der Waals surface area contributed by atoms with E-state index in [0.717, 1.165) is 0 Å². The molecule has 22 heavy (non-hydrogen) atoms. The highest BCUT2D eigenvalue weighted by Gasteiger charge is 2.17. The van der Waals surface area contributed by atoms with E-state index in [4.69, 9.17) is 4.74 Å². The predicted molar refractivity (Wildman–Crippen MR) is 84.0 cm³/mol. The number of para-hydroxylation sites is 1. The maximum Gasteiger partial charge on any atom is 0.257 e. The minimum Gasteiger partial charge on any atom is -0.455 e. The number of nitrogens with zero attached hydrogens (tertiary/aromatic N) is 2. The van der Waals surface area contributed by atoms with E-state index >= 15 is 0 Å². The van der Waals surface area contributed by atoms with Gasteiger partial charge in [0.1, 0.15) is 11.5 Å².